The Morgan fingerprint density at radius 3 is 1.81 bits per heavy atom. The average molecular weight is 435 g/mol. The molecule has 0 fully saturated rings. The number of carboxylic acid groups (broad SMARTS) is 1. The van der Waals surface area contributed by atoms with Gasteiger partial charge < -0.3 is 19.3 Å². The van der Waals surface area contributed by atoms with Gasteiger partial charge >= 0.3 is 11.9 Å². The molecule has 0 atom stereocenters. The Labute approximate surface area is 187 Å². The van der Waals surface area contributed by atoms with E-state index in [1.165, 1.54) is 7.11 Å². The SMILES string of the molecule is C.C.COc1cccc(C(=O)O)c1C.COc1cccc(CC(=O)OC(C)(C)C)c1C. The smallest absolute Gasteiger partial charge is 0.336 e. The van der Waals surface area contributed by atoms with Crippen LogP contribution in [0.5, 0.6) is 11.5 Å². The highest BCUT2D eigenvalue weighted by atomic mass is 16.6. The van der Waals surface area contributed by atoms with Gasteiger partial charge in [0.15, 0.2) is 0 Å². The second kappa shape index (κ2) is 13.3. The molecule has 0 aliphatic rings. The molecule has 0 radical (unpaired) electrons. The van der Waals surface area contributed by atoms with Gasteiger partial charge in [-0.05, 0) is 63.9 Å². The highest BCUT2D eigenvalue weighted by Gasteiger charge is 2.17. The Bertz CT molecular complexity index is 850. The molecule has 31 heavy (non-hydrogen) atoms. The molecule has 2 aromatic rings. The maximum absolute atomic E-state index is 11.7. The minimum absolute atomic E-state index is 0. The lowest BCUT2D eigenvalue weighted by molar-refractivity contribution is -0.153. The molecule has 2 rings (SSSR count). The van der Waals surface area contributed by atoms with Gasteiger partial charge in [0.05, 0.1) is 26.2 Å². The fourth-order valence-corrected chi connectivity index (χ4v) is 2.67. The van der Waals surface area contributed by atoms with Crippen molar-refractivity contribution in [3.05, 3.63) is 58.7 Å². The van der Waals surface area contributed by atoms with Crippen LogP contribution in [0.15, 0.2) is 36.4 Å². The topological polar surface area (TPSA) is 82.1 Å². The molecule has 0 saturated carbocycles. The Balaban J connectivity index is 0. The number of benzene rings is 2. The maximum atomic E-state index is 11.7. The summed E-state index contributed by atoms with van der Waals surface area (Å²) in [6.45, 7) is 9.26. The summed E-state index contributed by atoms with van der Waals surface area (Å²) in [6.07, 6.45) is 0.278. The molecule has 0 bridgehead atoms. The summed E-state index contributed by atoms with van der Waals surface area (Å²) in [5, 5.41) is 8.73. The largest absolute Gasteiger partial charge is 0.496 e. The molecule has 0 saturated heterocycles. The number of methoxy groups -OCH3 is 2. The van der Waals surface area contributed by atoms with Crippen molar-refractivity contribution in [1.29, 1.82) is 0 Å². The van der Waals surface area contributed by atoms with E-state index in [1.807, 2.05) is 45.9 Å². The van der Waals surface area contributed by atoms with Gasteiger partial charge in [-0.2, -0.15) is 0 Å². The lowest BCUT2D eigenvalue weighted by atomic mass is 10.0. The van der Waals surface area contributed by atoms with E-state index < -0.39 is 11.6 Å². The van der Waals surface area contributed by atoms with Crippen LogP contribution in [0.2, 0.25) is 0 Å². The zero-order valence-electron chi connectivity index (χ0n) is 18.2. The third-order valence-electron chi connectivity index (χ3n) is 4.11. The van der Waals surface area contributed by atoms with E-state index in [9.17, 15) is 9.59 Å². The van der Waals surface area contributed by atoms with Crippen LogP contribution >= 0.6 is 0 Å². The predicted octanol–water partition coefficient (Wildman–Crippen LogP) is 5.86. The molecule has 6 heteroatoms. The minimum Gasteiger partial charge on any atom is -0.496 e. The van der Waals surface area contributed by atoms with Gasteiger partial charge in [-0.25, -0.2) is 4.79 Å². The molecule has 0 heterocycles. The van der Waals surface area contributed by atoms with Crippen molar-refractivity contribution < 1.29 is 28.9 Å². The van der Waals surface area contributed by atoms with Crippen LogP contribution in [0.3, 0.4) is 0 Å². The lowest BCUT2D eigenvalue weighted by Gasteiger charge is -2.20. The first-order valence-electron chi connectivity index (χ1n) is 9.21. The quantitative estimate of drug-likeness (QED) is 0.593. The lowest BCUT2D eigenvalue weighted by Crippen LogP contribution is -2.25. The van der Waals surface area contributed by atoms with E-state index in [0.29, 0.717) is 11.3 Å². The van der Waals surface area contributed by atoms with Gasteiger partial charge in [-0.3, -0.25) is 4.79 Å². The van der Waals surface area contributed by atoms with Crippen molar-refractivity contribution in [2.75, 3.05) is 14.2 Å². The molecular formula is C25H38O6. The van der Waals surface area contributed by atoms with Crippen molar-refractivity contribution >= 4 is 11.9 Å². The molecule has 6 nitrogen and oxygen atoms in total. The zero-order valence-corrected chi connectivity index (χ0v) is 18.2. The van der Waals surface area contributed by atoms with Gasteiger partial charge in [-0.1, -0.05) is 33.1 Å². The molecule has 0 spiro atoms. The Hall–Kier alpha value is -3.02. The van der Waals surface area contributed by atoms with Crippen LogP contribution in [0.25, 0.3) is 0 Å². The molecule has 0 aliphatic carbocycles. The molecule has 0 unspecified atom stereocenters. The molecule has 0 amide bonds. The number of carbonyl (C=O) groups excluding carboxylic acids is 1. The van der Waals surface area contributed by atoms with Crippen molar-refractivity contribution in [1.82, 2.24) is 0 Å². The second-order valence-corrected chi connectivity index (χ2v) is 7.45. The van der Waals surface area contributed by atoms with Crippen LogP contribution in [-0.4, -0.2) is 36.9 Å². The number of hydrogen-bond acceptors (Lipinski definition) is 5. The summed E-state index contributed by atoms with van der Waals surface area (Å²) in [6, 6.07) is 10.6. The fourth-order valence-electron chi connectivity index (χ4n) is 2.67. The minimum atomic E-state index is -0.925. The van der Waals surface area contributed by atoms with Crippen LogP contribution in [0, 0.1) is 13.8 Å². The number of ether oxygens (including phenoxy) is 3. The fraction of sp³-hybridized carbons (Fsp3) is 0.440. The van der Waals surface area contributed by atoms with E-state index in [1.54, 1.807) is 32.2 Å². The number of carboxylic acids is 1. The normalized spacial score (nSPS) is 9.77. The van der Waals surface area contributed by atoms with E-state index in [2.05, 4.69) is 0 Å². The monoisotopic (exact) mass is 434 g/mol. The number of aromatic carboxylic acids is 1. The van der Waals surface area contributed by atoms with Crippen LogP contribution in [-0.2, 0) is 16.0 Å². The van der Waals surface area contributed by atoms with Crippen LogP contribution in [0.4, 0.5) is 0 Å². The first-order valence-corrected chi connectivity index (χ1v) is 9.21. The summed E-state index contributed by atoms with van der Waals surface area (Å²) in [7, 11) is 3.15. The van der Waals surface area contributed by atoms with E-state index in [4.69, 9.17) is 19.3 Å². The van der Waals surface area contributed by atoms with Gasteiger partial charge in [0.2, 0.25) is 0 Å². The standard InChI is InChI=1S/C14H20O3.C9H10O3.2CH4/c1-10-11(7-6-8-12(10)16-5)9-13(15)17-14(2,3)4;1-6-7(9(10)11)4-3-5-8(6)12-2;;/h6-8H,9H2,1-5H3;3-5H,1-2H3,(H,10,11);2*1H4. The third-order valence-corrected chi connectivity index (χ3v) is 4.11. The first kappa shape index (κ1) is 30.2. The summed E-state index contributed by atoms with van der Waals surface area (Å²) in [5.41, 5.74) is 2.44. The molecule has 0 aliphatic heterocycles. The predicted molar refractivity (Wildman–Crippen MR) is 125 cm³/mol. The first-order chi connectivity index (χ1) is 13.5. The van der Waals surface area contributed by atoms with Crippen LogP contribution < -0.4 is 9.47 Å². The maximum Gasteiger partial charge on any atom is 0.336 e. The number of rotatable bonds is 5. The highest BCUT2D eigenvalue weighted by Crippen LogP contribution is 2.22. The molecule has 174 valence electrons. The van der Waals surface area contributed by atoms with E-state index in [-0.39, 0.29) is 32.8 Å². The van der Waals surface area contributed by atoms with Crippen molar-refractivity contribution in [3.8, 4) is 11.5 Å². The number of hydrogen-bond donors (Lipinski definition) is 1. The number of carbonyl (C=O) groups is 2. The molecule has 1 N–H and O–H groups in total. The summed E-state index contributed by atoms with van der Waals surface area (Å²) < 4.78 is 15.5. The molecular weight excluding hydrogens is 396 g/mol. The van der Waals surface area contributed by atoms with Crippen molar-refractivity contribution in [3.63, 3.8) is 0 Å². The Morgan fingerprint density at radius 1 is 0.871 bits per heavy atom. The van der Waals surface area contributed by atoms with Crippen LogP contribution in [0.1, 0.15) is 62.7 Å². The molecule has 2 aromatic carbocycles. The van der Waals surface area contributed by atoms with Crippen molar-refractivity contribution in [2.24, 2.45) is 0 Å². The zero-order chi connectivity index (χ0) is 22.2. The van der Waals surface area contributed by atoms with Gasteiger partial charge in [0.25, 0.3) is 0 Å². The third kappa shape index (κ3) is 9.55. The van der Waals surface area contributed by atoms with Gasteiger partial charge in [-0.15, -0.1) is 0 Å². The van der Waals surface area contributed by atoms with E-state index in [0.717, 1.165) is 16.9 Å². The summed E-state index contributed by atoms with van der Waals surface area (Å²) in [5.74, 6) is 0.265. The average Bonchev–Trinajstić information content (AvgIpc) is 2.62. The Morgan fingerprint density at radius 2 is 1.35 bits per heavy atom. The summed E-state index contributed by atoms with van der Waals surface area (Å²) in [4.78, 5) is 22.4. The number of esters is 1. The van der Waals surface area contributed by atoms with Crippen molar-refractivity contribution in [2.45, 2.75) is 61.5 Å². The molecule has 0 aromatic heterocycles. The summed E-state index contributed by atoms with van der Waals surface area (Å²) >= 11 is 0. The Kier molecular flexibility index (Phi) is 13.0. The highest BCUT2D eigenvalue weighted by molar-refractivity contribution is 5.90. The van der Waals surface area contributed by atoms with Gasteiger partial charge in [0.1, 0.15) is 17.1 Å². The van der Waals surface area contributed by atoms with E-state index >= 15 is 0 Å². The van der Waals surface area contributed by atoms with Gasteiger partial charge in [0, 0.05) is 5.56 Å². The second-order valence-electron chi connectivity index (χ2n) is 7.45.